The predicted octanol–water partition coefficient (Wildman–Crippen LogP) is 1.47. The van der Waals surface area contributed by atoms with Crippen molar-refractivity contribution in [3.63, 3.8) is 0 Å². The van der Waals surface area contributed by atoms with Crippen LogP contribution in [0, 0.1) is 0 Å². The largest absolute Gasteiger partial charge is 0.326 e. The van der Waals surface area contributed by atoms with Crippen molar-refractivity contribution < 1.29 is 14.4 Å². The average Bonchev–Trinajstić information content (AvgIpc) is 2.47. The lowest BCUT2D eigenvalue weighted by Crippen LogP contribution is -2.56. The third kappa shape index (κ3) is 2.82. The summed E-state index contributed by atoms with van der Waals surface area (Å²) in [6.07, 6.45) is 4.89. The lowest BCUT2D eigenvalue weighted by atomic mass is 9.90. The van der Waals surface area contributed by atoms with Crippen LogP contribution in [0.15, 0.2) is 35.5 Å². The number of piperidine rings is 2. The van der Waals surface area contributed by atoms with Crippen LogP contribution in [-0.4, -0.2) is 35.2 Å². The number of likely N-dealkylation sites (tertiary alicyclic amines) is 1. The molecule has 3 amide bonds. The minimum Gasteiger partial charge on any atom is -0.326 e. The normalized spacial score (nSPS) is 27.7. The number of hydrogen-bond acceptors (Lipinski definition) is 3. The molecule has 2 heterocycles. The quantitative estimate of drug-likeness (QED) is 0.618. The number of rotatable bonds is 2. The van der Waals surface area contributed by atoms with Crippen LogP contribution in [0.1, 0.15) is 33.1 Å². The molecule has 0 saturated carbocycles. The van der Waals surface area contributed by atoms with Crippen molar-refractivity contribution in [3.05, 3.63) is 35.5 Å². The summed E-state index contributed by atoms with van der Waals surface area (Å²) in [7, 11) is 0. The molecule has 0 bridgehead atoms. The van der Waals surface area contributed by atoms with Gasteiger partial charge in [0, 0.05) is 18.5 Å². The van der Waals surface area contributed by atoms with Gasteiger partial charge in [0.15, 0.2) is 0 Å². The molecule has 2 aliphatic heterocycles. The molecule has 1 unspecified atom stereocenters. The van der Waals surface area contributed by atoms with Gasteiger partial charge < -0.3 is 4.90 Å². The Morgan fingerprint density at radius 2 is 2.05 bits per heavy atom. The highest BCUT2D eigenvalue weighted by Crippen LogP contribution is 2.29. The summed E-state index contributed by atoms with van der Waals surface area (Å²) in [6.45, 7) is 7.98. The topological polar surface area (TPSA) is 66.5 Å². The van der Waals surface area contributed by atoms with Gasteiger partial charge >= 0.3 is 0 Å². The van der Waals surface area contributed by atoms with Gasteiger partial charge in [-0.3, -0.25) is 19.7 Å². The Balaban J connectivity index is 2.26. The molecule has 1 N–H and O–H groups in total. The van der Waals surface area contributed by atoms with E-state index in [2.05, 4.69) is 11.9 Å². The number of amides is 3. The van der Waals surface area contributed by atoms with Gasteiger partial charge in [0.05, 0.1) is 0 Å². The van der Waals surface area contributed by atoms with Crippen LogP contribution in [0.4, 0.5) is 0 Å². The molecule has 5 heteroatoms. The van der Waals surface area contributed by atoms with Gasteiger partial charge in [-0.1, -0.05) is 18.7 Å². The predicted molar refractivity (Wildman–Crippen MR) is 79.2 cm³/mol. The van der Waals surface area contributed by atoms with E-state index < -0.39 is 6.04 Å². The number of allylic oxidation sites excluding steroid dienone is 3. The number of carbonyl (C=O) groups is 3. The molecule has 21 heavy (non-hydrogen) atoms. The Kier molecular flexibility index (Phi) is 4.40. The van der Waals surface area contributed by atoms with E-state index in [1.54, 1.807) is 17.1 Å². The molecular formula is C16H20N2O3. The lowest BCUT2D eigenvalue weighted by molar-refractivity contribution is -0.144. The van der Waals surface area contributed by atoms with Gasteiger partial charge in [-0.25, -0.2) is 0 Å². The minimum absolute atomic E-state index is 0.144. The molecule has 0 aromatic heterocycles. The summed E-state index contributed by atoms with van der Waals surface area (Å²) < 4.78 is 0. The fourth-order valence-electron chi connectivity index (χ4n) is 2.86. The zero-order valence-electron chi connectivity index (χ0n) is 12.4. The standard InChI is InChI=1S/C16H20N2O3/c1-4-10(3)12-8-9-18(16(21)11(12)5-2)13-6-7-14(19)17-15(13)20/h4-5,13H,1,6-9H2,2-3H3,(H,17,19,20)/b11-5+,12-10-. The van der Waals surface area contributed by atoms with Crippen LogP contribution in [0.3, 0.4) is 0 Å². The van der Waals surface area contributed by atoms with Gasteiger partial charge in [0.25, 0.3) is 5.91 Å². The third-order valence-electron chi connectivity index (χ3n) is 4.08. The maximum atomic E-state index is 12.6. The Bertz CT molecular complexity index is 572. The van der Waals surface area contributed by atoms with Gasteiger partial charge in [-0.2, -0.15) is 0 Å². The van der Waals surface area contributed by atoms with E-state index >= 15 is 0 Å². The molecule has 112 valence electrons. The summed E-state index contributed by atoms with van der Waals surface area (Å²) >= 11 is 0. The molecule has 0 aromatic rings. The minimum atomic E-state index is -0.546. The van der Waals surface area contributed by atoms with E-state index in [1.807, 2.05) is 13.8 Å². The van der Waals surface area contributed by atoms with Crippen LogP contribution in [0.2, 0.25) is 0 Å². The third-order valence-corrected chi connectivity index (χ3v) is 4.08. The highest BCUT2D eigenvalue weighted by atomic mass is 16.2. The second kappa shape index (κ2) is 6.08. The second-order valence-corrected chi connectivity index (χ2v) is 5.28. The van der Waals surface area contributed by atoms with Gasteiger partial charge in [-0.15, -0.1) is 0 Å². The molecule has 2 aliphatic rings. The molecule has 1 atom stereocenters. The van der Waals surface area contributed by atoms with Crippen LogP contribution in [0.5, 0.6) is 0 Å². The van der Waals surface area contributed by atoms with E-state index in [9.17, 15) is 14.4 Å². The smallest absolute Gasteiger partial charge is 0.254 e. The summed E-state index contributed by atoms with van der Waals surface area (Å²) in [5.41, 5.74) is 2.60. The zero-order valence-corrected chi connectivity index (χ0v) is 12.4. The molecule has 0 radical (unpaired) electrons. The molecule has 2 fully saturated rings. The van der Waals surface area contributed by atoms with Crippen LogP contribution < -0.4 is 5.32 Å². The first-order chi connectivity index (χ1) is 9.99. The van der Waals surface area contributed by atoms with Gasteiger partial charge in [-0.05, 0) is 37.8 Å². The monoisotopic (exact) mass is 288 g/mol. The van der Waals surface area contributed by atoms with Gasteiger partial charge in [0.2, 0.25) is 11.8 Å². The summed E-state index contributed by atoms with van der Waals surface area (Å²) in [4.78, 5) is 37.4. The van der Waals surface area contributed by atoms with Crippen molar-refractivity contribution in [1.29, 1.82) is 0 Å². The van der Waals surface area contributed by atoms with Crippen LogP contribution in [0.25, 0.3) is 0 Å². The number of nitrogens with one attached hydrogen (secondary N) is 1. The van der Waals surface area contributed by atoms with E-state index in [-0.39, 0.29) is 24.1 Å². The van der Waals surface area contributed by atoms with Crippen molar-refractivity contribution in [3.8, 4) is 0 Å². The first-order valence-electron chi connectivity index (χ1n) is 7.13. The molecule has 5 nitrogen and oxygen atoms in total. The lowest BCUT2D eigenvalue weighted by Gasteiger charge is -2.37. The SMILES string of the molecule is C=C/C(C)=C1/CCN(C2CCC(=O)NC2=O)C(=O)/C1=C/C. The molecule has 0 aliphatic carbocycles. The Morgan fingerprint density at radius 3 is 2.62 bits per heavy atom. The first-order valence-corrected chi connectivity index (χ1v) is 7.13. The van der Waals surface area contributed by atoms with Crippen molar-refractivity contribution in [2.75, 3.05) is 6.54 Å². The number of hydrogen-bond donors (Lipinski definition) is 1. The zero-order chi connectivity index (χ0) is 15.6. The fourth-order valence-corrected chi connectivity index (χ4v) is 2.86. The maximum Gasteiger partial charge on any atom is 0.254 e. The van der Waals surface area contributed by atoms with Crippen molar-refractivity contribution in [2.24, 2.45) is 0 Å². The molecule has 2 rings (SSSR count). The van der Waals surface area contributed by atoms with Crippen molar-refractivity contribution in [1.82, 2.24) is 10.2 Å². The molecular weight excluding hydrogens is 268 g/mol. The number of imide groups is 1. The van der Waals surface area contributed by atoms with Gasteiger partial charge in [0.1, 0.15) is 6.04 Å². The highest BCUT2D eigenvalue weighted by molar-refractivity contribution is 6.05. The summed E-state index contributed by atoms with van der Waals surface area (Å²) in [5.74, 6) is -0.785. The van der Waals surface area contributed by atoms with Crippen molar-refractivity contribution in [2.45, 2.75) is 39.2 Å². The first kappa shape index (κ1) is 15.2. The van der Waals surface area contributed by atoms with Crippen molar-refractivity contribution >= 4 is 17.7 Å². The second-order valence-electron chi connectivity index (χ2n) is 5.28. The molecule has 0 spiro atoms. The average molecular weight is 288 g/mol. The Hall–Kier alpha value is -2.17. The summed E-state index contributed by atoms with van der Waals surface area (Å²) in [6, 6.07) is -0.546. The highest BCUT2D eigenvalue weighted by Gasteiger charge is 2.38. The van der Waals surface area contributed by atoms with E-state index in [0.717, 1.165) is 11.1 Å². The molecule has 0 aromatic carbocycles. The fraction of sp³-hybridized carbons (Fsp3) is 0.438. The van der Waals surface area contributed by atoms with Crippen LogP contribution >= 0.6 is 0 Å². The number of nitrogens with zero attached hydrogens (tertiary/aromatic N) is 1. The van der Waals surface area contributed by atoms with E-state index in [1.165, 1.54) is 0 Å². The number of carbonyl (C=O) groups excluding carboxylic acids is 3. The van der Waals surface area contributed by atoms with Crippen LogP contribution in [-0.2, 0) is 14.4 Å². The van der Waals surface area contributed by atoms with E-state index in [4.69, 9.17) is 0 Å². The Morgan fingerprint density at radius 1 is 1.33 bits per heavy atom. The van der Waals surface area contributed by atoms with E-state index in [0.29, 0.717) is 25.0 Å². The maximum absolute atomic E-state index is 12.6. The molecule has 2 saturated heterocycles. The Labute approximate surface area is 124 Å². The summed E-state index contributed by atoms with van der Waals surface area (Å²) in [5, 5.41) is 2.31.